The van der Waals surface area contributed by atoms with Gasteiger partial charge in [-0.1, -0.05) is 24.3 Å². The summed E-state index contributed by atoms with van der Waals surface area (Å²) < 4.78 is 29.2. The van der Waals surface area contributed by atoms with Crippen molar-refractivity contribution in [1.82, 2.24) is 5.32 Å². The summed E-state index contributed by atoms with van der Waals surface area (Å²) in [6.45, 7) is 4.71. The largest absolute Gasteiger partial charge is 0.486 e. The molecule has 1 atom stereocenters. The van der Waals surface area contributed by atoms with Crippen molar-refractivity contribution in [2.75, 3.05) is 19.7 Å². The first-order valence-electron chi connectivity index (χ1n) is 9.11. The fourth-order valence-corrected chi connectivity index (χ4v) is 3.74. The Morgan fingerprint density at radius 1 is 1.04 bits per heavy atom. The van der Waals surface area contributed by atoms with Crippen LogP contribution in [0.15, 0.2) is 48.5 Å². The van der Waals surface area contributed by atoms with E-state index >= 15 is 0 Å². The molecule has 1 fully saturated rings. The van der Waals surface area contributed by atoms with Crippen LogP contribution in [0.2, 0.25) is 0 Å². The Bertz CT molecular complexity index is 714. The minimum absolute atomic E-state index is 0.233. The molecule has 0 aromatic heterocycles. The van der Waals surface area contributed by atoms with Gasteiger partial charge < -0.3 is 19.3 Å². The monoisotopic (exact) mass is 375 g/mol. The number of para-hydroxylation sites is 2. The second kappa shape index (κ2) is 9.77. The highest BCUT2D eigenvalue weighted by molar-refractivity contribution is 7.48. The lowest BCUT2D eigenvalue weighted by Gasteiger charge is -2.24. The van der Waals surface area contributed by atoms with Crippen LogP contribution in [-0.4, -0.2) is 25.8 Å². The quantitative estimate of drug-likeness (QED) is 0.716. The van der Waals surface area contributed by atoms with Crippen LogP contribution in [0.5, 0.6) is 11.5 Å². The van der Waals surface area contributed by atoms with Gasteiger partial charge >= 0.3 is 0 Å². The Balaban J connectivity index is 1.60. The third kappa shape index (κ3) is 5.34. The molecular weight excluding hydrogens is 349 g/mol. The van der Waals surface area contributed by atoms with Gasteiger partial charge in [-0.25, -0.2) is 0 Å². The van der Waals surface area contributed by atoms with Crippen molar-refractivity contribution in [3.05, 3.63) is 54.1 Å². The fraction of sp³-hybridized carbons (Fsp3) is 0.400. The molecule has 1 N–H and O–H groups in total. The lowest BCUT2D eigenvalue weighted by atomic mass is 10.1. The Morgan fingerprint density at radius 2 is 1.73 bits per heavy atom. The van der Waals surface area contributed by atoms with Crippen LogP contribution in [0.25, 0.3) is 0 Å². The van der Waals surface area contributed by atoms with E-state index in [1.807, 2.05) is 55.5 Å². The molecule has 2 aromatic carbocycles. The van der Waals surface area contributed by atoms with Gasteiger partial charge in [-0.2, -0.15) is 0 Å². The van der Waals surface area contributed by atoms with E-state index in [0.29, 0.717) is 13.2 Å². The molecule has 3 rings (SSSR count). The number of rotatable bonds is 8. The first kappa shape index (κ1) is 19.0. The number of hydrogen-bond donors (Lipinski definition) is 1. The molecule has 0 amide bonds. The third-order valence-corrected chi connectivity index (χ3v) is 5.64. The molecule has 1 heterocycles. The second-order valence-corrected chi connectivity index (χ2v) is 7.66. The van der Waals surface area contributed by atoms with Crippen molar-refractivity contribution in [2.24, 2.45) is 0 Å². The van der Waals surface area contributed by atoms with Crippen molar-refractivity contribution in [3.63, 3.8) is 0 Å². The molecule has 1 saturated heterocycles. The maximum atomic E-state index is 11.9. The topological polar surface area (TPSA) is 56.8 Å². The van der Waals surface area contributed by atoms with E-state index in [0.717, 1.165) is 48.3 Å². The van der Waals surface area contributed by atoms with Gasteiger partial charge in [-0.15, -0.1) is 0 Å². The third-order valence-electron chi connectivity index (χ3n) is 4.29. The van der Waals surface area contributed by atoms with Gasteiger partial charge in [0.2, 0.25) is 8.03 Å². The van der Waals surface area contributed by atoms with Crippen LogP contribution >= 0.6 is 8.03 Å². The summed E-state index contributed by atoms with van der Waals surface area (Å²) in [6, 6.07) is 15.3. The Hall–Kier alpha value is -1.81. The minimum atomic E-state index is -2.14. The smallest absolute Gasteiger partial charge is 0.220 e. The van der Waals surface area contributed by atoms with Gasteiger partial charge in [0, 0.05) is 5.30 Å². The first-order chi connectivity index (χ1) is 12.8. The average molecular weight is 375 g/mol. The Labute approximate surface area is 155 Å². The predicted molar refractivity (Wildman–Crippen MR) is 104 cm³/mol. The van der Waals surface area contributed by atoms with Crippen LogP contribution in [0.3, 0.4) is 0 Å². The van der Waals surface area contributed by atoms with E-state index in [4.69, 9.17) is 14.0 Å². The summed E-state index contributed by atoms with van der Waals surface area (Å²) in [5.41, 5.74) is 1.01. The molecular formula is C20H26NO4P. The molecule has 1 aliphatic rings. The van der Waals surface area contributed by atoms with Crippen LogP contribution in [-0.2, 0) is 15.7 Å². The summed E-state index contributed by atoms with van der Waals surface area (Å²) in [7, 11) is -2.14. The standard InChI is InChI=1S/C20H26NO4P/c1-2-24-26(22)18-9-7-16(8-10-18)15-23-19-5-3-4-6-20(19)25-17-11-13-21-14-12-17/h3-10,17,21,26H,2,11-15H2,1H3. The van der Waals surface area contributed by atoms with E-state index in [9.17, 15) is 4.57 Å². The highest BCUT2D eigenvalue weighted by Crippen LogP contribution is 2.29. The van der Waals surface area contributed by atoms with Crippen molar-refractivity contribution < 1.29 is 18.6 Å². The highest BCUT2D eigenvalue weighted by atomic mass is 31.1. The van der Waals surface area contributed by atoms with Crippen LogP contribution in [0, 0.1) is 0 Å². The highest BCUT2D eigenvalue weighted by Gasteiger charge is 2.16. The second-order valence-electron chi connectivity index (χ2n) is 6.22. The fourth-order valence-electron chi connectivity index (χ4n) is 2.87. The molecule has 6 heteroatoms. The lowest BCUT2D eigenvalue weighted by molar-refractivity contribution is 0.153. The minimum Gasteiger partial charge on any atom is -0.486 e. The Morgan fingerprint density at radius 3 is 2.42 bits per heavy atom. The molecule has 1 unspecified atom stereocenters. The van der Waals surface area contributed by atoms with Crippen molar-refractivity contribution in [2.45, 2.75) is 32.5 Å². The summed E-state index contributed by atoms with van der Waals surface area (Å²) >= 11 is 0. The van der Waals surface area contributed by atoms with E-state index in [1.165, 1.54) is 0 Å². The Kier molecular flexibility index (Phi) is 7.13. The molecule has 2 aromatic rings. The number of benzene rings is 2. The van der Waals surface area contributed by atoms with E-state index in [2.05, 4.69) is 5.32 Å². The SMILES string of the molecule is CCO[PH](=O)c1ccc(COc2ccccc2OC2CCNCC2)cc1. The molecule has 5 nitrogen and oxygen atoms in total. The van der Waals surface area contributed by atoms with Gasteiger partial charge in [0.15, 0.2) is 11.5 Å². The van der Waals surface area contributed by atoms with Gasteiger partial charge in [-0.3, -0.25) is 4.57 Å². The lowest BCUT2D eigenvalue weighted by Crippen LogP contribution is -2.34. The first-order valence-corrected chi connectivity index (χ1v) is 10.4. The van der Waals surface area contributed by atoms with Crippen LogP contribution in [0.1, 0.15) is 25.3 Å². The van der Waals surface area contributed by atoms with Crippen molar-refractivity contribution >= 4 is 13.3 Å². The molecule has 0 aliphatic carbocycles. The van der Waals surface area contributed by atoms with E-state index < -0.39 is 8.03 Å². The molecule has 0 spiro atoms. The molecule has 0 saturated carbocycles. The average Bonchev–Trinajstić information content (AvgIpc) is 2.69. The maximum Gasteiger partial charge on any atom is 0.220 e. The normalized spacial score (nSPS) is 16.2. The van der Waals surface area contributed by atoms with Gasteiger partial charge in [-0.05, 0) is 62.7 Å². The number of hydrogen-bond acceptors (Lipinski definition) is 5. The van der Waals surface area contributed by atoms with Crippen molar-refractivity contribution in [1.29, 1.82) is 0 Å². The van der Waals surface area contributed by atoms with Gasteiger partial charge in [0.05, 0.1) is 6.61 Å². The van der Waals surface area contributed by atoms with Gasteiger partial charge in [0.1, 0.15) is 12.7 Å². The molecule has 0 radical (unpaired) electrons. The van der Waals surface area contributed by atoms with Gasteiger partial charge in [0.25, 0.3) is 0 Å². The summed E-state index contributed by atoms with van der Waals surface area (Å²) in [5.74, 6) is 1.54. The van der Waals surface area contributed by atoms with E-state index in [1.54, 1.807) is 0 Å². The zero-order valence-corrected chi connectivity index (χ0v) is 16.1. The zero-order chi connectivity index (χ0) is 18.2. The summed E-state index contributed by atoms with van der Waals surface area (Å²) in [5, 5.41) is 4.07. The van der Waals surface area contributed by atoms with Crippen LogP contribution < -0.4 is 20.1 Å². The number of piperidine rings is 1. The number of ether oxygens (including phenoxy) is 2. The molecule has 1 aliphatic heterocycles. The van der Waals surface area contributed by atoms with E-state index in [-0.39, 0.29) is 6.10 Å². The zero-order valence-electron chi connectivity index (χ0n) is 15.1. The predicted octanol–water partition coefficient (Wildman–Crippen LogP) is 3.53. The summed E-state index contributed by atoms with van der Waals surface area (Å²) in [4.78, 5) is 0. The molecule has 140 valence electrons. The molecule has 0 bridgehead atoms. The van der Waals surface area contributed by atoms with Crippen LogP contribution in [0.4, 0.5) is 0 Å². The molecule has 26 heavy (non-hydrogen) atoms. The maximum absolute atomic E-state index is 11.9. The summed E-state index contributed by atoms with van der Waals surface area (Å²) in [6.07, 6.45) is 2.25. The number of nitrogens with one attached hydrogen (secondary N) is 1. The van der Waals surface area contributed by atoms with Crippen molar-refractivity contribution in [3.8, 4) is 11.5 Å².